The van der Waals surface area contributed by atoms with E-state index < -0.39 is 5.66 Å². The number of hydrogen-bond acceptors (Lipinski definition) is 4. The molecule has 2 aromatic rings. The van der Waals surface area contributed by atoms with Crippen LogP contribution < -0.4 is 15.1 Å². The van der Waals surface area contributed by atoms with Gasteiger partial charge in [0, 0.05) is 29.9 Å². The molecule has 0 aromatic heterocycles. The van der Waals surface area contributed by atoms with Crippen molar-refractivity contribution in [1.82, 2.24) is 5.32 Å². The molecule has 3 aliphatic rings. The zero-order valence-electron chi connectivity index (χ0n) is 17.0. The smallest absolute Gasteiger partial charge is 0.241 e. The van der Waals surface area contributed by atoms with Crippen molar-refractivity contribution in [2.24, 2.45) is 0 Å². The minimum Gasteiger partial charge on any atom is -0.378 e. The van der Waals surface area contributed by atoms with Crippen molar-refractivity contribution in [2.45, 2.75) is 24.9 Å². The van der Waals surface area contributed by atoms with Crippen LogP contribution in [0.4, 0.5) is 11.4 Å². The number of hydrogen-bond donors (Lipinski definition) is 1. The molecule has 0 radical (unpaired) electrons. The molecular weight excluding hydrogens is 362 g/mol. The fourth-order valence-corrected chi connectivity index (χ4v) is 4.97. The Morgan fingerprint density at radius 3 is 2.52 bits per heavy atom. The summed E-state index contributed by atoms with van der Waals surface area (Å²) in [7, 11) is 0. The highest BCUT2D eigenvalue weighted by Crippen LogP contribution is 2.52. The number of amides is 1. The number of carbonyl (C=O) groups is 1. The quantitative estimate of drug-likeness (QED) is 0.876. The number of ether oxygens (including phenoxy) is 1. The number of benzene rings is 2. The molecule has 150 valence electrons. The van der Waals surface area contributed by atoms with Crippen LogP contribution in [0.2, 0.25) is 0 Å². The predicted octanol–water partition coefficient (Wildman–Crippen LogP) is 3.16. The van der Waals surface area contributed by atoms with Crippen molar-refractivity contribution in [3.63, 3.8) is 0 Å². The molecule has 1 amide bonds. The van der Waals surface area contributed by atoms with Gasteiger partial charge in [0.15, 0.2) is 0 Å². The lowest BCUT2D eigenvalue weighted by Gasteiger charge is -2.40. The molecule has 1 unspecified atom stereocenters. The summed E-state index contributed by atoms with van der Waals surface area (Å²) in [5.41, 5.74) is 3.99. The molecule has 29 heavy (non-hydrogen) atoms. The van der Waals surface area contributed by atoms with E-state index in [9.17, 15) is 4.79 Å². The van der Waals surface area contributed by atoms with Crippen molar-refractivity contribution in [2.75, 3.05) is 42.6 Å². The Labute approximate surface area is 172 Å². The molecule has 2 fully saturated rings. The fraction of sp³-hybridized carbons (Fsp3) is 0.375. The van der Waals surface area contributed by atoms with Crippen LogP contribution in [-0.2, 0) is 14.9 Å². The average Bonchev–Trinajstić information content (AvgIpc) is 3.18. The molecule has 3 heterocycles. The highest BCUT2D eigenvalue weighted by atomic mass is 16.5. The van der Waals surface area contributed by atoms with Crippen LogP contribution in [0.1, 0.15) is 25.0 Å². The minimum absolute atomic E-state index is 0.0693. The van der Waals surface area contributed by atoms with Gasteiger partial charge < -0.3 is 19.9 Å². The van der Waals surface area contributed by atoms with Crippen LogP contribution in [0.5, 0.6) is 0 Å². The number of nitrogens with one attached hydrogen (secondary N) is 1. The summed E-state index contributed by atoms with van der Waals surface area (Å²) in [5, 5.41) is 3.28. The molecular formula is C24H27N3O2. The van der Waals surface area contributed by atoms with E-state index in [-0.39, 0.29) is 11.3 Å². The number of anilines is 2. The Morgan fingerprint density at radius 1 is 1.03 bits per heavy atom. The lowest BCUT2D eigenvalue weighted by molar-refractivity contribution is -0.118. The first kappa shape index (κ1) is 18.3. The van der Waals surface area contributed by atoms with Gasteiger partial charge in [-0.05, 0) is 35.4 Å². The van der Waals surface area contributed by atoms with E-state index in [1.165, 1.54) is 11.3 Å². The Morgan fingerprint density at radius 2 is 1.76 bits per heavy atom. The van der Waals surface area contributed by atoms with E-state index in [4.69, 9.17) is 4.74 Å². The second-order valence-corrected chi connectivity index (χ2v) is 8.57. The maximum atomic E-state index is 12.4. The average molecular weight is 389 g/mol. The van der Waals surface area contributed by atoms with E-state index >= 15 is 0 Å². The molecule has 5 heteroatoms. The Bertz CT molecular complexity index is 960. The van der Waals surface area contributed by atoms with Crippen molar-refractivity contribution in [3.05, 3.63) is 65.7 Å². The van der Waals surface area contributed by atoms with E-state index in [0.29, 0.717) is 6.54 Å². The number of fused-ring (bicyclic) bond motifs is 3. The summed E-state index contributed by atoms with van der Waals surface area (Å²) in [5.74, 6) is 0.0693. The molecule has 5 rings (SSSR count). The van der Waals surface area contributed by atoms with E-state index in [0.717, 1.165) is 37.6 Å². The number of nitrogens with zero attached hydrogens (tertiary/aromatic N) is 2. The second kappa shape index (κ2) is 6.63. The summed E-state index contributed by atoms with van der Waals surface area (Å²) in [6.45, 7) is 8.26. The first-order chi connectivity index (χ1) is 14.0. The monoisotopic (exact) mass is 389 g/mol. The molecule has 0 saturated carbocycles. The summed E-state index contributed by atoms with van der Waals surface area (Å²) in [6, 6.07) is 17.0. The van der Waals surface area contributed by atoms with Gasteiger partial charge in [-0.25, -0.2) is 0 Å². The third-order valence-corrected chi connectivity index (χ3v) is 6.66. The molecule has 0 aliphatic carbocycles. The van der Waals surface area contributed by atoms with E-state index in [1.807, 2.05) is 6.07 Å². The van der Waals surface area contributed by atoms with E-state index in [2.05, 4.69) is 83.6 Å². The zero-order valence-corrected chi connectivity index (χ0v) is 17.0. The molecule has 2 saturated heterocycles. The molecule has 0 spiro atoms. The van der Waals surface area contributed by atoms with Gasteiger partial charge in [-0.2, -0.15) is 0 Å². The molecule has 0 bridgehead atoms. The van der Waals surface area contributed by atoms with Crippen LogP contribution in [0.3, 0.4) is 0 Å². The second-order valence-electron chi connectivity index (χ2n) is 8.57. The van der Waals surface area contributed by atoms with Gasteiger partial charge in [-0.15, -0.1) is 0 Å². The van der Waals surface area contributed by atoms with Crippen molar-refractivity contribution in [3.8, 4) is 0 Å². The number of carbonyl (C=O) groups excluding carboxylic acids is 1. The van der Waals surface area contributed by atoms with Crippen LogP contribution in [-0.4, -0.2) is 44.4 Å². The highest BCUT2D eigenvalue weighted by molar-refractivity contribution is 5.91. The van der Waals surface area contributed by atoms with Crippen molar-refractivity contribution < 1.29 is 9.53 Å². The Kier molecular flexibility index (Phi) is 4.17. The Balaban J connectivity index is 1.45. The largest absolute Gasteiger partial charge is 0.378 e. The van der Waals surface area contributed by atoms with Crippen LogP contribution in [0, 0.1) is 0 Å². The first-order valence-corrected chi connectivity index (χ1v) is 10.3. The van der Waals surface area contributed by atoms with Crippen LogP contribution in [0.15, 0.2) is 54.6 Å². The summed E-state index contributed by atoms with van der Waals surface area (Å²) < 4.78 is 5.44. The number of morpholine rings is 1. The lowest BCUT2D eigenvalue weighted by atomic mass is 9.75. The maximum absolute atomic E-state index is 12.4. The molecule has 3 aliphatic heterocycles. The van der Waals surface area contributed by atoms with Crippen LogP contribution in [0.25, 0.3) is 6.08 Å². The van der Waals surface area contributed by atoms with Gasteiger partial charge in [-0.1, -0.05) is 50.3 Å². The van der Waals surface area contributed by atoms with Gasteiger partial charge in [0.1, 0.15) is 5.66 Å². The van der Waals surface area contributed by atoms with Gasteiger partial charge in [0.05, 0.1) is 19.8 Å². The van der Waals surface area contributed by atoms with Crippen LogP contribution >= 0.6 is 0 Å². The van der Waals surface area contributed by atoms with Gasteiger partial charge >= 0.3 is 0 Å². The lowest BCUT2D eigenvalue weighted by Crippen LogP contribution is -2.58. The summed E-state index contributed by atoms with van der Waals surface area (Å²) in [6.07, 6.45) is 4.30. The first-order valence-electron chi connectivity index (χ1n) is 10.3. The molecule has 1 atom stereocenters. The molecule has 2 aromatic carbocycles. The predicted molar refractivity (Wildman–Crippen MR) is 116 cm³/mol. The van der Waals surface area contributed by atoms with Gasteiger partial charge in [-0.3, -0.25) is 4.79 Å². The number of rotatable bonds is 3. The number of para-hydroxylation sites is 1. The SMILES string of the molecule is CC1(C)c2ccccc2N2CC(=O)NC21C=Cc1ccc(N2CCOCC2)cc1. The topological polar surface area (TPSA) is 44.8 Å². The van der Waals surface area contributed by atoms with Gasteiger partial charge in [0.2, 0.25) is 5.91 Å². The van der Waals surface area contributed by atoms with Gasteiger partial charge in [0.25, 0.3) is 0 Å². The standard InChI is InChI=1S/C24H27N3O2/c1-23(2)20-5-3-4-6-21(20)27-17-22(28)25-24(23,27)12-11-18-7-9-19(10-8-18)26-13-15-29-16-14-26/h3-12H,13-17H2,1-2H3,(H,25,28). The third-order valence-electron chi connectivity index (χ3n) is 6.66. The molecule has 5 nitrogen and oxygen atoms in total. The maximum Gasteiger partial charge on any atom is 0.241 e. The van der Waals surface area contributed by atoms with Crippen molar-refractivity contribution >= 4 is 23.4 Å². The zero-order chi connectivity index (χ0) is 20.1. The summed E-state index contributed by atoms with van der Waals surface area (Å²) in [4.78, 5) is 17.0. The minimum atomic E-state index is -0.545. The summed E-state index contributed by atoms with van der Waals surface area (Å²) >= 11 is 0. The normalized spacial score (nSPS) is 25.2. The fourth-order valence-electron chi connectivity index (χ4n) is 4.97. The molecule has 1 N–H and O–H groups in total. The third kappa shape index (κ3) is 2.76. The van der Waals surface area contributed by atoms with Crippen molar-refractivity contribution in [1.29, 1.82) is 0 Å². The highest BCUT2D eigenvalue weighted by Gasteiger charge is 2.59. The Hall–Kier alpha value is -2.79. The van der Waals surface area contributed by atoms with E-state index in [1.54, 1.807) is 0 Å².